The molecule has 0 aliphatic rings. The minimum atomic E-state index is 0.663. The molecule has 0 amide bonds. The van der Waals surface area contributed by atoms with Gasteiger partial charge in [0, 0.05) is 75.5 Å². The molecule has 82 heavy (non-hydrogen) atoms. The Balaban J connectivity index is 0.837. The molecule has 0 unspecified atom stereocenters. The molecule has 6 heterocycles. The van der Waals surface area contributed by atoms with Crippen molar-refractivity contribution in [2.45, 2.75) is 0 Å². The lowest BCUT2D eigenvalue weighted by atomic mass is 9.93. The maximum Gasteiger partial charge on any atom is 0.161 e. The number of nitrogens with zero attached hydrogens (tertiary/aromatic N) is 6. The third-order valence-corrected chi connectivity index (χ3v) is 17.9. The van der Waals surface area contributed by atoms with Crippen LogP contribution in [0.1, 0.15) is 0 Å². The fraction of sp³-hybridized carbons (Fsp3) is 0. The Bertz CT molecular complexity index is 5100. The molecule has 16 rings (SSSR count). The average Bonchev–Trinajstić information content (AvgIpc) is 3.98. The van der Waals surface area contributed by atoms with E-state index in [1.807, 2.05) is 30.3 Å². The number of benzene rings is 10. The van der Waals surface area contributed by atoms with Gasteiger partial charge in [0.15, 0.2) is 11.6 Å². The van der Waals surface area contributed by atoms with Gasteiger partial charge in [-0.25, -0.2) is 29.9 Å². The van der Waals surface area contributed by atoms with E-state index in [4.69, 9.17) is 29.9 Å². The number of pyridine rings is 2. The average molecular weight is 1080 g/mol. The molecule has 0 atom stereocenters. The van der Waals surface area contributed by atoms with E-state index in [0.717, 1.165) is 142 Å². The van der Waals surface area contributed by atoms with Gasteiger partial charge in [-0.05, 0) is 58.7 Å². The second-order valence-corrected chi connectivity index (χ2v) is 22.5. The quantitative estimate of drug-likeness (QED) is 0.143. The molecule has 0 spiro atoms. The Morgan fingerprint density at radius 1 is 0.244 bits per heavy atom. The van der Waals surface area contributed by atoms with Crippen molar-refractivity contribution in [1.82, 2.24) is 29.9 Å². The maximum absolute atomic E-state index is 5.52. The van der Waals surface area contributed by atoms with Gasteiger partial charge in [-0.3, -0.25) is 0 Å². The van der Waals surface area contributed by atoms with Gasteiger partial charge in [-0.2, -0.15) is 0 Å². The zero-order chi connectivity index (χ0) is 54.1. The van der Waals surface area contributed by atoms with E-state index in [1.165, 1.54) is 10.1 Å². The van der Waals surface area contributed by atoms with Crippen LogP contribution in [0.5, 0.6) is 0 Å². The van der Waals surface area contributed by atoms with Gasteiger partial charge in [0.05, 0.1) is 54.2 Å². The minimum absolute atomic E-state index is 0.663. The zero-order valence-corrected chi connectivity index (χ0v) is 45.5. The fourth-order valence-electron chi connectivity index (χ4n) is 11.7. The molecule has 0 aliphatic heterocycles. The summed E-state index contributed by atoms with van der Waals surface area (Å²) in [5.41, 5.74) is 19.9. The van der Waals surface area contributed by atoms with E-state index >= 15 is 0 Å². The molecule has 16 aromatic rings. The summed E-state index contributed by atoms with van der Waals surface area (Å²) in [6.07, 6.45) is 0. The summed E-state index contributed by atoms with van der Waals surface area (Å²) in [4.78, 5) is 32.1. The lowest BCUT2D eigenvalue weighted by molar-refractivity contribution is 1.18. The lowest BCUT2D eigenvalue weighted by Crippen LogP contribution is -1.98. The van der Waals surface area contributed by atoms with Crippen LogP contribution in [0.2, 0.25) is 0 Å². The van der Waals surface area contributed by atoms with Crippen LogP contribution < -0.4 is 0 Å². The fourth-order valence-corrected chi connectivity index (χ4v) is 14.2. The van der Waals surface area contributed by atoms with E-state index in [2.05, 4.69) is 237 Å². The van der Waals surface area contributed by atoms with Crippen molar-refractivity contribution < 1.29 is 0 Å². The first-order valence-electron chi connectivity index (χ1n) is 27.3. The van der Waals surface area contributed by atoms with E-state index in [9.17, 15) is 0 Å². The van der Waals surface area contributed by atoms with Crippen molar-refractivity contribution in [3.05, 3.63) is 267 Å². The standard InChI is InChI=1S/C74H44N6S2/c1-4-21-46(22-5-1)60-43-61(47-23-6-2-7-24-47)79-74(78-60)54-30-13-12-29-53(54)67-56-32-15-18-36-59(56)76-70-68-50(34-20-38-65(68)82-72(67)70)45-39-41-48(42-40-45)62-44-63(80-73(77-62)49-25-8-3-9-26-49)51-27-10-11-28-52(51)66-55-31-14-17-35-58(55)75-69-57-33-16-19-37-64(57)81-71(66)69/h1-44H. The second kappa shape index (κ2) is 19.8. The summed E-state index contributed by atoms with van der Waals surface area (Å²) in [6.45, 7) is 0. The highest BCUT2D eigenvalue weighted by Gasteiger charge is 2.24. The van der Waals surface area contributed by atoms with Gasteiger partial charge in [0.2, 0.25) is 0 Å². The number of hydrogen-bond acceptors (Lipinski definition) is 8. The molecule has 0 saturated heterocycles. The maximum atomic E-state index is 5.52. The molecule has 0 N–H and O–H groups in total. The topological polar surface area (TPSA) is 77.3 Å². The Labute approximate surface area is 480 Å². The molecule has 8 heteroatoms. The Morgan fingerprint density at radius 2 is 0.659 bits per heavy atom. The highest BCUT2D eigenvalue weighted by molar-refractivity contribution is 7.27. The van der Waals surface area contributed by atoms with Crippen molar-refractivity contribution >= 4 is 85.1 Å². The molecule has 10 aromatic carbocycles. The van der Waals surface area contributed by atoms with Crippen LogP contribution in [0.15, 0.2) is 267 Å². The minimum Gasteiger partial charge on any atom is -0.246 e. The van der Waals surface area contributed by atoms with Crippen molar-refractivity contribution in [2.24, 2.45) is 0 Å². The van der Waals surface area contributed by atoms with Crippen LogP contribution >= 0.6 is 22.7 Å². The molecule has 0 saturated carbocycles. The van der Waals surface area contributed by atoms with Gasteiger partial charge in [-0.1, -0.05) is 231 Å². The number of rotatable bonds is 9. The molecular formula is C74H44N6S2. The van der Waals surface area contributed by atoms with E-state index in [-0.39, 0.29) is 0 Å². The number of fused-ring (bicyclic) bond motifs is 8. The van der Waals surface area contributed by atoms with Crippen molar-refractivity contribution in [1.29, 1.82) is 0 Å². The molecule has 6 nitrogen and oxygen atoms in total. The SMILES string of the molecule is c1ccc(-c2cc(-c3ccccc3)nc(-c3ccccc3-c3c4ccccc4nc4c3sc3cccc(-c5ccc(-c6cc(-c7ccccc7-c7c8ccccc8nc8c7sc7ccccc78)nc(-c7ccccc7)n6)cc5)c34)n2)cc1. The van der Waals surface area contributed by atoms with Crippen LogP contribution in [0.25, 0.3) is 164 Å². The highest BCUT2D eigenvalue weighted by Crippen LogP contribution is 2.49. The molecule has 382 valence electrons. The van der Waals surface area contributed by atoms with Crippen LogP contribution in [-0.4, -0.2) is 29.9 Å². The summed E-state index contributed by atoms with van der Waals surface area (Å²) >= 11 is 3.59. The second-order valence-electron chi connectivity index (χ2n) is 20.4. The third kappa shape index (κ3) is 8.14. The predicted octanol–water partition coefficient (Wildman–Crippen LogP) is 20.1. The summed E-state index contributed by atoms with van der Waals surface area (Å²) in [7, 11) is 0. The van der Waals surface area contributed by atoms with Gasteiger partial charge in [0.1, 0.15) is 0 Å². The molecular weight excluding hydrogens is 1040 g/mol. The van der Waals surface area contributed by atoms with Gasteiger partial charge >= 0.3 is 0 Å². The Kier molecular flexibility index (Phi) is 11.5. The summed E-state index contributed by atoms with van der Waals surface area (Å²) in [5, 5.41) is 4.47. The lowest BCUT2D eigenvalue weighted by Gasteiger charge is -2.15. The smallest absolute Gasteiger partial charge is 0.161 e. The molecule has 0 radical (unpaired) electrons. The zero-order valence-electron chi connectivity index (χ0n) is 43.9. The summed E-state index contributed by atoms with van der Waals surface area (Å²) < 4.78 is 4.65. The monoisotopic (exact) mass is 1080 g/mol. The first-order valence-corrected chi connectivity index (χ1v) is 29.0. The number of aromatic nitrogens is 6. The van der Waals surface area contributed by atoms with Crippen molar-refractivity contribution in [3.8, 4) is 101 Å². The predicted molar refractivity (Wildman–Crippen MR) is 343 cm³/mol. The summed E-state index contributed by atoms with van der Waals surface area (Å²) in [6, 6.07) is 93.6. The van der Waals surface area contributed by atoms with Gasteiger partial charge < -0.3 is 0 Å². The molecule has 0 aliphatic carbocycles. The van der Waals surface area contributed by atoms with Crippen LogP contribution in [0.4, 0.5) is 0 Å². The molecule has 0 bridgehead atoms. The van der Waals surface area contributed by atoms with Crippen molar-refractivity contribution in [3.63, 3.8) is 0 Å². The Morgan fingerprint density at radius 3 is 1.30 bits per heavy atom. The van der Waals surface area contributed by atoms with Gasteiger partial charge in [-0.15, -0.1) is 22.7 Å². The number of para-hydroxylation sites is 2. The van der Waals surface area contributed by atoms with Crippen molar-refractivity contribution in [2.75, 3.05) is 0 Å². The first kappa shape index (κ1) is 47.6. The molecule has 0 fully saturated rings. The largest absolute Gasteiger partial charge is 0.246 e. The van der Waals surface area contributed by atoms with Crippen LogP contribution in [0, 0.1) is 0 Å². The summed E-state index contributed by atoms with van der Waals surface area (Å²) in [5.74, 6) is 1.33. The Hall–Kier alpha value is -10.4. The van der Waals surface area contributed by atoms with E-state index < -0.39 is 0 Å². The molecule has 6 aromatic heterocycles. The van der Waals surface area contributed by atoms with Gasteiger partial charge in [0.25, 0.3) is 0 Å². The number of hydrogen-bond donors (Lipinski definition) is 0. The number of thiophene rings is 2. The normalized spacial score (nSPS) is 11.7. The van der Waals surface area contributed by atoms with E-state index in [0.29, 0.717) is 11.6 Å². The van der Waals surface area contributed by atoms with E-state index in [1.54, 1.807) is 22.7 Å². The third-order valence-electron chi connectivity index (χ3n) is 15.5. The van der Waals surface area contributed by atoms with Crippen LogP contribution in [-0.2, 0) is 0 Å². The highest BCUT2D eigenvalue weighted by atomic mass is 32.1. The first-order chi connectivity index (χ1) is 40.6. The van der Waals surface area contributed by atoms with Crippen LogP contribution in [0.3, 0.4) is 0 Å².